The van der Waals surface area contributed by atoms with Crippen molar-refractivity contribution < 1.29 is 22.0 Å². The molecule has 0 unspecified atom stereocenters. The highest BCUT2D eigenvalue weighted by atomic mass is 32.2. The Morgan fingerprint density at radius 1 is 0.829 bits per heavy atom. The summed E-state index contributed by atoms with van der Waals surface area (Å²) >= 11 is 0. The quantitative estimate of drug-likeness (QED) is 0.419. The van der Waals surface area contributed by atoms with E-state index in [-0.39, 0.29) is 32.1 Å². The average Bonchev–Trinajstić information content (AvgIpc) is 3.24. The molecule has 2 heterocycles. The van der Waals surface area contributed by atoms with Crippen LogP contribution in [0.1, 0.15) is 16.1 Å². The summed E-state index contributed by atoms with van der Waals surface area (Å²) in [6.07, 6.45) is 0. The van der Waals surface area contributed by atoms with E-state index in [1.165, 1.54) is 0 Å². The number of benzene rings is 3. The highest BCUT2D eigenvalue weighted by Gasteiger charge is 2.33. The minimum Gasteiger partial charge on any atom is -0.335 e. The van der Waals surface area contributed by atoms with Crippen LogP contribution in [0.4, 0.5) is 8.78 Å². The lowest BCUT2D eigenvalue weighted by Crippen LogP contribution is -2.50. The van der Waals surface area contributed by atoms with Crippen molar-refractivity contribution in [3.8, 4) is 0 Å². The normalized spacial score (nSPS) is 15.0. The molecule has 9 heteroatoms. The van der Waals surface area contributed by atoms with Crippen LogP contribution in [0.3, 0.4) is 0 Å². The Balaban J connectivity index is 1.38. The lowest BCUT2D eigenvalue weighted by Gasteiger charge is -2.34. The molecule has 0 saturated carbocycles. The van der Waals surface area contributed by atoms with Crippen molar-refractivity contribution in [2.24, 2.45) is 0 Å². The number of hydrogen-bond acceptors (Lipinski definition) is 3. The topological polar surface area (TPSA) is 62.6 Å². The number of fused-ring (bicyclic) bond motifs is 1. The predicted molar refractivity (Wildman–Crippen MR) is 129 cm³/mol. The third-order valence-corrected chi connectivity index (χ3v) is 8.16. The zero-order valence-corrected chi connectivity index (χ0v) is 19.6. The zero-order chi connectivity index (χ0) is 24.6. The number of aromatic nitrogens is 1. The Hall–Kier alpha value is -3.56. The van der Waals surface area contributed by atoms with Crippen LogP contribution in [0.25, 0.3) is 10.9 Å². The minimum absolute atomic E-state index is 0.0110. The second-order valence-electron chi connectivity index (χ2n) is 8.43. The fraction of sp³-hybridized carbons (Fsp3) is 0.192. The van der Waals surface area contributed by atoms with Gasteiger partial charge in [-0.05, 0) is 35.9 Å². The Morgan fingerprint density at radius 2 is 1.51 bits per heavy atom. The molecule has 4 aromatic rings. The third kappa shape index (κ3) is 4.44. The molecule has 5 rings (SSSR count). The van der Waals surface area contributed by atoms with E-state index in [9.17, 15) is 22.0 Å². The molecule has 180 valence electrons. The first-order chi connectivity index (χ1) is 16.8. The fourth-order valence-corrected chi connectivity index (χ4v) is 5.93. The first kappa shape index (κ1) is 23.2. The number of amides is 1. The Morgan fingerprint density at radius 3 is 2.26 bits per heavy atom. The van der Waals surface area contributed by atoms with E-state index in [1.54, 1.807) is 4.90 Å². The number of sulfonamides is 1. The van der Waals surface area contributed by atoms with Crippen molar-refractivity contribution in [3.63, 3.8) is 0 Å². The number of nitrogens with zero attached hydrogens (tertiary/aromatic N) is 3. The van der Waals surface area contributed by atoms with E-state index in [1.807, 2.05) is 65.2 Å². The maximum atomic E-state index is 14.1. The molecular weight excluding hydrogens is 472 g/mol. The van der Waals surface area contributed by atoms with Gasteiger partial charge in [0.05, 0.1) is 0 Å². The summed E-state index contributed by atoms with van der Waals surface area (Å²) in [6.45, 7) is 0.776. The van der Waals surface area contributed by atoms with Gasteiger partial charge in [0.2, 0.25) is 10.0 Å². The summed E-state index contributed by atoms with van der Waals surface area (Å²) in [5.41, 5.74) is 2.50. The van der Waals surface area contributed by atoms with Gasteiger partial charge in [0.1, 0.15) is 22.2 Å². The summed E-state index contributed by atoms with van der Waals surface area (Å²) in [6, 6.07) is 21.8. The number of hydrogen-bond donors (Lipinski definition) is 0. The van der Waals surface area contributed by atoms with E-state index >= 15 is 0 Å². The van der Waals surface area contributed by atoms with Gasteiger partial charge in [-0.1, -0.05) is 48.5 Å². The van der Waals surface area contributed by atoms with Gasteiger partial charge in [-0.2, -0.15) is 4.31 Å². The number of para-hydroxylation sites is 1. The van der Waals surface area contributed by atoms with Crippen molar-refractivity contribution in [1.82, 2.24) is 13.8 Å². The molecule has 0 bridgehead atoms. The lowest BCUT2D eigenvalue weighted by atomic mass is 10.2. The average molecular weight is 496 g/mol. The van der Waals surface area contributed by atoms with Crippen LogP contribution in [0, 0.1) is 11.6 Å². The second kappa shape index (κ2) is 9.24. The molecule has 1 saturated heterocycles. The van der Waals surface area contributed by atoms with Gasteiger partial charge < -0.3 is 9.47 Å². The van der Waals surface area contributed by atoms with Crippen LogP contribution in [0.5, 0.6) is 0 Å². The van der Waals surface area contributed by atoms with Crippen molar-refractivity contribution in [2.75, 3.05) is 26.2 Å². The standard InChI is InChI=1S/C26H23F2N3O3S/c27-21-10-11-22(28)25(17-21)35(33,34)30-14-12-29(13-15-30)26(32)24-16-20-8-4-5-9-23(20)31(24)18-19-6-2-1-3-7-19/h1-11,16-17H,12-15,18H2. The van der Waals surface area contributed by atoms with E-state index in [2.05, 4.69) is 0 Å². The first-order valence-corrected chi connectivity index (χ1v) is 12.7. The molecule has 1 fully saturated rings. The summed E-state index contributed by atoms with van der Waals surface area (Å²) in [4.78, 5) is 14.4. The van der Waals surface area contributed by atoms with Gasteiger partial charge >= 0.3 is 0 Å². The molecule has 0 radical (unpaired) electrons. The first-order valence-electron chi connectivity index (χ1n) is 11.2. The zero-order valence-electron chi connectivity index (χ0n) is 18.8. The molecule has 1 aliphatic rings. The van der Waals surface area contributed by atoms with E-state index in [0.717, 1.165) is 32.9 Å². The lowest BCUT2D eigenvalue weighted by molar-refractivity contribution is 0.0688. The predicted octanol–water partition coefficient (Wildman–Crippen LogP) is 4.11. The second-order valence-corrected chi connectivity index (χ2v) is 10.3. The Kier molecular flexibility index (Phi) is 6.12. The van der Waals surface area contributed by atoms with Gasteiger partial charge in [-0.25, -0.2) is 17.2 Å². The summed E-state index contributed by atoms with van der Waals surface area (Å²) in [5.74, 6) is -2.04. The molecule has 0 aliphatic carbocycles. The number of carbonyl (C=O) groups excluding carboxylic acids is 1. The molecule has 6 nitrogen and oxygen atoms in total. The van der Waals surface area contributed by atoms with Crippen LogP contribution in [0.2, 0.25) is 0 Å². The van der Waals surface area contributed by atoms with Gasteiger partial charge in [0, 0.05) is 43.6 Å². The smallest absolute Gasteiger partial charge is 0.270 e. The molecule has 35 heavy (non-hydrogen) atoms. The van der Waals surface area contributed by atoms with Gasteiger partial charge in [0.25, 0.3) is 5.91 Å². The van der Waals surface area contributed by atoms with Crippen molar-refractivity contribution in [1.29, 1.82) is 0 Å². The number of piperazine rings is 1. The molecule has 3 aromatic carbocycles. The summed E-state index contributed by atoms with van der Waals surface area (Å²) < 4.78 is 56.6. The fourth-order valence-electron chi connectivity index (χ4n) is 4.43. The van der Waals surface area contributed by atoms with E-state index in [4.69, 9.17) is 0 Å². The van der Waals surface area contributed by atoms with Gasteiger partial charge in [-0.15, -0.1) is 0 Å². The Labute approximate surface area is 202 Å². The van der Waals surface area contributed by atoms with Crippen LogP contribution < -0.4 is 0 Å². The van der Waals surface area contributed by atoms with Crippen LogP contribution in [-0.2, 0) is 16.6 Å². The molecule has 0 atom stereocenters. The molecule has 1 aliphatic heterocycles. The monoisotopic (exact) mass is 495 g/mol. The number of rotatable bonds is 5. The highest BCUT2D eigenvalue weighted by molar-refractivity contribution is 7.89. The van der Waals surface area contributed by atoms with Crippen LogP contribution in [0.15, 0.2) is 83.8 Å². The van der Waals surface area contributed by atoms with Crippen LogP contribution in [-0.4, -0.2) is 54.3 Å². The van der Waals surface area contributed by atoms with Crippen LogP contribution >= 0.6 is 0 Å². The third-order valence-electron chi connectivity index (χ3n) is 6.25. The largest absolute Gasteiger partial charge is 0.335 e. The highest BCUT2D eigenvalue weighted by Crippen LogP contribution is 2.25. The van der Waals surface area contributed by atoms with Crippen molar-refractivity contribution in [3.05, 3.63) is 102 Å². The summed E-state index contributed by atoms with van der Waals surface area (Å²) in [5, 5.41) is 0.939. The van der Waals surface area contributed by atoms with Crippen molar-refractivity contribution >= 4 is 26.8 Å². The molecular formula is C26H23F2N3O3S. The van der Waals surface area contributed by atoms with E-state index < -0.39 is 26.6 Å². The number of carbonyl (C=O) groups is 1. The maximum absolute atomic E-state index is 14.1. The number of halogens is 2. The molecule has 1 aromatic heterocycles. The summed E-state index contributed by atoms with van der Waals surface area (Å²) in [7, 11) is -4.22. The van der Waals surface area contributed by atoms with Crippen molar-refractivity contribution in [2.45, 2.75) is 11.4 Å². The minimum atomic E-state index is -4.22. The molecule has 0 N–H and O–H groups in total. The van der Waals surface area contributed by atoms with Gasteiger partial charge in [0.15, 0.2) is 0 Å². The van der Waals surface area contributed by atoms with Gasteiger partial charge in [-0.3, -0.25) is 4.79 Å². The molecule has 1 amide bonds. The SMILES string of the molecule is O=C(c1cc2ccccc2n1Cc1ccccc1)N1CCN(S(=O)(=O)c2cc(F)ccc2F)CC1. The molecule has 0 spiro atoms. The van der Waals surface area contributed by atoms with E-state index in [0.29, 0.717) is 18.3 Å². The maximum Gasteiger partial charge on any atom is 0.270 e. The Bertz CT molecular complexity index is 1500.